The minimum absolute atomic E-state index is 0.0804. The summed E-state index contributed by atoms with van der Waals surface area (Å²) in [7, 11) is 1.72. The minimum atomic E-state index is -0.582. The van der Waals surface area contributed by atoms with Crippen LogP contribution in [0.1, 0.15) is 30.5 Å². The topological polar surface area (TPSA) is 177 Å². The van der Waals surface area contributed by atoms with E-state index in [-0.39, 0.29) is 30.2 Å². The van der Waals surface area contributed by atoms with Gasteiger partial charge in [-0.2, -0.15) is 15.0 Å². The van der Waals surface area contributed by atoms with Crippen molar-refractivity contribution in [2.45, 2.75) is 33.1 Å². The Morgan fingerprint density at radius 2 is 1.71 bits per heavy atom. The fourth-order valence-corrected chi connectivity index (χ4v) is 5.75. The first kappa shape index (κ1) is 34.3. The zero-order valence-corrected chi connectivity index (χ0v) is 28.0. The van der Waals surface area contributed by atoms with Crippen LogP contribution in [0.3, 0.4) is 0 Å². The second-order valence-electron chi connectivity index (χ2n) is 12.0. The van der Waals surface area contributed by atoms with Gasteiger partial charge in [0, 0.05) is 60.3 Å². The Balaban J connectivity index is 1.17. The Hall–Kier alpha value is -6.05. The lowest BCUT2D eigenvalue weighted by molar-refractivity contribution is -0.419. The van der Waals surface area contributed by atoms with E-state index in [0.717, 1.165) is 33.8 Å². The zero-order valence-electron chi connectivity index (χ0n) is 28.0. The molecule has 254 valence electrons. The highest BCUT2D eigenvalue weighted by Gasteiger charge is 2.39. The third kappa shape index (κ3) is 8.27. The lowest BCUT2D eigenvalue weighted by Gasteiger charge is -2.27. The molecule has 0 saturated carbocycles. The molecular formula is C35H39N9O5. The van der Waals surface area contributed by atoms with Gasteiger partial charge >= 0.3 is 6.09 Å². The van der Waals surface area contributed by atoms with Crippen LogP contribution in [0, 0.1) is 24.0 Å². The second-order valence-corrected chi connectivity index (χ2v) is 12.0. The van der Waals surface area contributed by atoms with Crippen LogP contribution < -0.4 is 26.2 Å². The Morgan fingerprint density at radius 1 is 1.00 bits per heavy atom. The number of ether oxygens (including phenoxy) is 1. The number of nitrogens with zero attached hydrogens (tertiary/aromatic N) is 5. The Morgan fingerprint density at radius 3 is 2.45 bits per heavy atom. The van der Waals surface area contributed by atoms with E-state index in [1.54, 1.807) is 19.2 Å². The maximum atomic E-state index is 12.6. The predicted molar refractivity (Wildman–Crippen MR) is 189 cm³/mol. The molecule has 0 unspecified atom stereocenters. The number of aryl methyl sites for hydroxylation is 2. The first-order valence-corrected chi connectivity index (χ1v) is 15.8. The SMILES string of the molecule is CNc1nc(NCCNC(=O)OCCN2/C(=C\C=C3\C=C([N+](=O)[O-])C=CC3=O)C(C)(C)c3ccccc32)nc(Nc2cc(C)cc(C)c2)n1. The molecule has 0 saturated heterocycles. The third-order valence-corrected chi connectivity index (χ3v) is 7.99. The van der Waals surface area contributed by atoms with Gasteiger partial charge in [-0.15, -0.1) is 0 Å². The van der Waals surface area contributed by atoms with Gasteiger partial charge in [0.2, 0.25) is 17.8 Å². The molecule has 0 bridgehead atoms. The molecule has 49 heavy (non-hydrogen) atoms. The summed E-state index contributed by atoms with van der Waals surface area (Å²) in [4.78, 5) is 51.0. The molecule has 2 aromatic carbocycles. The Labute approximate surface area is 284 Å². The number of nitrogens with one attached hydrogen (secondary N) is 4. The van der Waals surface area contributed by atoms with E-state index in [9.17, 15) is 19.7 Å². The number of ketones is 1. The van der Waals surface area contributed by atoms with E-state index in [0.29, 0.717) is 30.9 Å². The average Bonchev–Trinajstić information content (AvgIpc) is 3.27. The fraction of sp³-hybridized carbons (Fsp3) is 0.286. The predicted octanol–water partition coefficient (Wildman–Crippen LogP) is 5.32. The van der Waals surface area contributed by atoms with Crippen molar-refractivity contribution in [3.05, 3.63) is 117 Å². The van der Waals surface area contributed by atoms with Crippen LogP contribution in [0.4, 0.5) is 34.0 Å². The van der Waals surface area contributed by atoms with Gasteiger partial charge in [0.25, 0.3) is 5.70 Å². The number of rotatable bonds is 12. The van der Waals surface area contributed by atoms with Crippen molar-refractivity contribution in [2.24, 2.45) is 0 Å². The number of para-hydroxylation sites is 1. The molecule has 0 fully saturated rings. The highest BCUT2D eigenvalue weighted by molar-refractivity contribution is 6.07. The second kappa shape index (κ2) is 14.8. The van der Waals surface area contributed by atoms with Gasteiger partial charge in [0.15, 0.2) is 5.78 Å². The quantitative estimate of drug-likeness (QED) is 0.0849. The first-order valence-electron chi connectivity index (χ1n) is 15.8. The number of hydrogen-bond donors (Lipinski definition) is 4. The number of fused-ring (bicyclic) bond motifs is 1. The van der Waals surface area contributed by atoms with Gasteiger partial charge in [-0.1, -0.05) is 38.1 Å². The van der Waals surface area contributed by atoms with Gasteiger partial charge in [-0.05, 0) is 67.0 Å². The normalized spacial score (nSPS) is 16.3. The highest BCUT2D eigenvalue weighted by Crippen LogP contribution is 2.47. The van der Waals surface area contributed by atoms with E-state index in [1.165, 1.54) is 18.2 Å². The maximum absolute atomic E-state index is 12.6. The van der Waals surface area contributed by atoms with E-state index in [4.69, 9.17) is 4.74 Å². The first-order chi connectivity index (χ1) is 23.4. The van der Waals surface area contributed by atoms with Gasteiger partial charge in [0.1, 0.15) is 6.61 Å². The lowest BCUT2D eigenvalue weighted by atomic mass is 9.83. The number of aromatic nitrogens is 3. The van der Waals surface area contributed by atoms with E-state index in [1.807, 2.05) is 55.1 Å². The highest BCUT2D eigenvalue weighted by atomic mass is 16.6. The average molecular weight is 666 g/mol. The lowest BCUT2D eigenvalue weighted by Crippen LogP contribution is -2.33. The molecule has 1 aliphatic carbocycles. The standard InChI is InChI=1S/C35H39N9O5/c1-22-18-23(2)20-25(19-22)39-33-41-31(36-5)40-32(42-33)37-14-15-38-34(46)49-17-16-43-28-9-7-6-8-27(28)35(3,4)30(43)13-10-24-21-26(44(47)48)11-12-29(24)45/h6-13,18-21H,14-17H2,1-5H3,(H,38,46)(H3,36,37,39,40,41,42)/b24-10-,30-13-. The van der Waals surface area contributed by atoms with Crippen LogP contribution in [-0.4, -0.2) is 65.0 Å². The molecule has 2 aliphatic rings. The number of alkyl carbamates (subject to hydrolysis) is 1. The number of amides is 1. The van der Waals surface area contributed by atoms with Crippen molar-refractivity contribution in [2.75, 3.05) is 54.1 Å². The third-order valence-electron chi connectivity index (χ3n) is 7.99. The number of benzene rings is 2. The number of allylic oxidation sites excluding steroid dienone is 7. The summed E-state index contributed by atoms with van der Waals surface area (Å²) in [5, 5.41) is 23.2. The Bertz CT molecular complexity index is 1880. The molecule has 1 aliphatic heterocycles. The molecule has 1 aromatic heterocycles. The number of nitro groups is 1. The van der Waals surface area contributed by atoms with E-state index < -0.39 is 16.4 Å². The number of carbonyl (C=O) groups excluding carboxylic acids is 2. The van der Waals surface area contributed by atoms with Crippen molar-refractivity contribution in [3.8, 4) is 0 Å². The van der Waals surface area contributed by atoms with Crippen molar-refractivity contribution in [1.82, 2.24) is 20.3 Å². The summed E-state index contributed by atoms with van der Waals surface area (Å²) in [6.45, 7) is 9.17. The van der Waals surface area contributed by atoms with Crippen LogP contribution in [0.25, 0.3) is 0 Å². The van der Waals surface area contributed by atoms with Crippen molar-refractivity contribution < 1.29 is 19.2 Å². The number of carbonyl (C=O) groups is 2. The molecule has 4 N–H and O–H groups in total. The zero-order chi connectivity index (χ0) is 35.1. The largest absolute Gasteiger partial charge is 0.448 e. The maximum Gasteiger partial charge on any atom is 0.407 e. The molecule has 0 radical (unpaired) electrons. The van der Waals surface area contributed by atoms with Gasteiger partial charge in [0.05, 0.1) is 11.5 Å². The van der Waals surface area contributed by atoms with Crippen molar-refractivity contribution in [3.63, 3.8) is 0 Å². The van der Waals surface area contributed by atoms with Crippen LogP contribution in [0.5, 0.6) is 0 Å². The van der Waals surface area contributed by atoms with Crippen LogP contribution >= 0.6 is 0 Å². The molecule has 14 nitrogen and oxygen atoms in total. The summed E-state index contributed by atoms with van der Waals surface area (Å²) in [6, 6.07) is 14.0. The smallest absolute Gasteiger partial charge is 0.407 e. The molecule has 3 aromatic rings. The molecule has 5 rings (SSSR count). The molecule has 0 atom stereocenters. The van der Waals surface area contributed by atoms with Crippen molar-refractivity contribution in [1.29, 1.82) is 0 Å². The van der Waals surface area contributed by atoms with Crippen LogP contribution in [0.15, 0.2) is 89.8 Å². The Kier molecular flexibility index (Phi) is 10.4. The minimum Gasteiger partial charge on any atom is -0.448 e. The van der Waals surface area contributed by atoms with Gasteiger partial charge in [-0.3, -0.25) is 14.9 Å². The van der Waals surface area contributed by atoms with Gasteiger partial charge < -0.3 is 30.9 Å². The molecular weight excluding hydrogens is 626 g/mol. The molecule has 1 amide bonds. The van der Waals surface area contributed by atoms with Crippen LogP contribution in [0.2, 0.25) is 0 Å². The summed E-state index contributed by atoms with van der Waals surface area (Å²) in [5.74, 6) is 0.773. The summed E-state index contributed by atoms with van der Waals surface area (Å²) in [5.41, 5.74) is 5.58. The summed E-state index contributed by atoms with van der Waals surface area (Å²) < 4.78 is 5.51. The van der Waals surface area contributed by atoms with E-state index >= 15 is 0 Å². The fourth-order valence-electron chi connectivity index (χ4n) is 5.75. The number of hydrogen-bond acceptors (Lipinski definition) is 12. The number of anilines is 5. The summed E-state index contributed by atoms with van der Waals surface area (Å²) >= 11 is 0. The van der Waals surface area contributed by atoms with E-state index in [2.05, 4.69) is 56.1 Å². The molecule has 2 heterocycles. The monoisotopic (exact) mass is 665 g/mol. The summed E-state index contributed by atoms with van der Waals surface area (Å²) in [6.07, 6.45) is 6.48. The van der Waals surface area contributed by atoms with Crippen LogP contribution in [-0.2, 0) is 14.9 Å². The van der Waals surface area contributed by atoms with Crippen molar-refractivity contribution >= 4 is 41.1 Å². The molecule has 14 heteroatoms. The van der Waals surface area contributed by atoms with Gasteiger partial charge in [-0.25, -0.2) is 4.79 Å². The molecule has 0 spiro atoms.